The number of hydrogen-bond acceptors (Lipinski definition) is 3. The molecule has 0 radical (unpaired) electrons. The molecule has 1 aromatic heterocycles. The van der Waals surface area contributed by atoms with E-state index in [9.17, 15) is 0 Å². The molecule has 0 bridgehead atoms. The molecule has 0 saturated carbocycles. The van der Waals surface area contributed by atoms with E-state index in [0.29, 0.717) is 6.61 Å². The first kappa shape index (κ1) is 9.99. The third kappa shape index (κ3) is 2.42. The molecule has 0 aliphatic heterocycles. The molecule has 1 atom stereocenters. The second-order valence-corrected chi connectivity index (χ2v) is 2.84. The molecule has 13 heavy (non-hydrogen) atoms. The van der Waals surface area contributed by atoms with Gasteiger partial charge >= 0.3 is 0 Å². The summed E-state index contributed by atoms with van der Waals surface area (Å²) in [5.41, 5.74) is 1.10. The Morgan fingerprint density at radius 2 is 2.38 bits per heavy atom. The number of hydrogen-bond donors (Lipinski definition) is 1. The summed E-state index contributed by atoms with van der Waals surface area (Å²) in [5, 5.41) is 3.16. The van der Waals surface area contributed by atoms with Gasteiger partial charge in [0.1, 0.15) is 0 Å². The largest absolute Gasteiger partial charge is 0.478 e. The minimum Gasteiger partial charge on any atom is -0.478 e. The summed E-state index contributed by atoms with van der Waals surface area (Å²) in [4.78, 5) is 4.18. The predicted octanol–water partition coefficient (Wildman–Crippen LogP) is 1.76. The zero-order chi connectivity index (χ0) is 9.68. The van der Waals surface area contributed by atoms with E-state index in [0.717, 1.165) is 11.4 Å². The van der Waals surface area contributed by atoms with Gasteiger partial charge in [0.15, 0.2) is 0 Å². The molecule has 3 nitrogen and oxygen atoms in total. The van der Waals surface area contributed by atoms with E-state index in [1.54, 1.807) is 6.20 Å². The van der Waals surface area contributed by atoms with Crippen LogP contribution in [0.25, 0.3) is 0 Å². The van der Waals surface area contributed by atoms with Crippen LogP contribution in [0.15, 0.2) is 18.3 Å². The summed E-state index contributed by atoms with van der Waals surface area (Å²) in [7, 11) is 1.92. The Morgan fingerprint density at radius 3 is 3.00 bits per heavy atom. The molecule has 1 rings (SSSR count). The van der Waals surface area contributed by atoms with Crippen molar-refractivity contribution >= 4 is 0 Å². The van der Waals surface area contributed by atoms with Gasteiger partial charge in [-0.15, -0.1) is 0 Å². The van der Waals surface area contributed by atoms with Crippen LogP contribution in [0.3, 0.4) is 0 Å². The minimum absolute atomic E-state index is 0.273. The summed E-state index contributed by atoms with van der Waals surface area (Å²) in [6.07, 6.45) is 1.75. The lowest BCUT2D eigenvalue weighted by Gasteiger charge is -2.14. The Hall–Kier alpha value is -1.09. The van der Waals surface area contributed by atoms with E-state index < -0.39 is 0 Å². The molecule has 0 aliphatic rings. The van der Waals surface area contributed by atoms with E-state index in [-0.39, 0.29) is 6.04 Å². The van der Waals surface area contributed by atoms with E-state index in [1.807, 2.05) is 26.1 Å². The Bertz CT molecular complexity index is 263. The van der Waals surface area contributed by atoms with Crippen molar-refractivity contribution in [1.82, 2.24) is 10.3 Å². The molecule has 1 heterocycles. The molecule has 1 aromatic rings. The van der Waals surface area contributed by atoms with Gasteiger partial charge in [-0.2, -0.15) is 0 Å². The maximum absolute atomic E-state index is 5.41. The summed E-state index contributed by atoms with van der Waals surface area (Å²) in [6.45, 7) is 4.70. The van der Waals surface area contributed by atoms with Crippen LogP contribution in [-0.2, 0) is 0 Å². The predicted molar refractivity (Wildman–Crippen MR) is 52.9 cm³/mol. The highest BCUT2D eigenvalue weighted by molar-refractivity contribution is 5.28. The number of rotatable bonds is 4. The quantitative estimate of drug-likeness (QED) is 0.766. The highest BCUT2D eigenvalue weighted by atomic mass is 16.5. The standard InChI is InChI=1S/C10H16N2O/c1-4-13-10-9(8(2)11-3)6-5-7-12-10/h5-8,11H,4H2,1-3H3. The Labute approximate surface area is 79.1 Å². The maximum atomic E-state index is 5.41. The van der Waals surface area contributed by atoms with E-state index >= 15 is 0 Å². The molecule has 0 aliphatic carbocycles. The Balaban J connectivity index is 2.90. The van der Waals surface area contributed by atoms with Crippen molar-refractivity contribution in [3.63, 3.8) is 0 Å². The number of ether oxygens (including phenoxy) is 1. The van der Waals surface area contributed by atoms with Crippen molar-refractivity contribution in [3.8, 4) is 5.88 Å². The van der Waals surface area contributed by atoms with Crippen LogP contribution in [0, 0.1) is 0 Å². The van der Waals surface area contributed by atoms with Crippen LogP contribution in [0.4, 0.5) is 0 Å². The van der Waals surface area contributed by atoms with Gasteiger partial charge in [0.25, 0.3) is 0 Å². The number of aromatic nitrogens is 1. The molecule has 3 heteroatoms. The monoisotopic (exact) mass is 180 g/mol. The van der Waals surface area contributed by atoms with E-state index in [1.165, 1.54) is 0 Å². The van der Waals surface area contributed by atoms with Gasteiger partial charge in [-0.05, 0) is 27.0 Å². The number of nitrogens with one attached hydrogen (secondary N) is 1. The van der Waals surface area contributed by atoms with Crippen LogP contribution >= 0.6 is 0 Å². The summed E-state index contributed by atoms with van der Waals surface area (Å²) in [6, 6.07) is 4.22. The molecule has 72 valence electrons. The van der Waals surface area contributed by atoms with Crippen LogP contribution in [0.2, 0.25) is 0 Å². The van der Waals surface area contributed by atoms with Crippen LogP contribution in [-0.4, -0.2) is 18.6 Å². The highest BCUT2D eigenvalue weighted by Crippen LogP contribution is 2.21. The first-order valence-electron chi connectivity index (χ1n) is 4.54. The van der Waals surface area contributed by atoms with E-state index in [4.69, 9.17) is 4.74 Å². The zero-order valence-electron chi connectivity index (χ0n) is 8.37. The molecule has 0 amide bonds. The number of nitrogens with zero attached hydrogens (tertiary/aromatic N) is 1. The van der Waals surface area contributed by atoms with Crippen molar-refractivity contribution in [2.45, 2.75) is 19.9 Å². The molecule has 0 spiro atoms. The molecule has 0 aromatic carbocycles. The van der Waals surface area contributed by atoms with Crippen LogP contribution in [0.1, 0.15) is 25.5 Å². The van der Waals surface area contributed by atoms with Crippen molar-refractivity contribution in [2.24, 2.45) is 0 Å². The second kappa shape index (κ2) is 4.82. The third-order valence-corrected chi connectivity index (χ3v) is 1.98. The van der Waals surface area contributed by atoms with Crippen molar-refractivity contribution in [2.75, 3.05) is 13.7 Å². The van der Waals surface area contributed by atoms with Gasteiger partial charge < -0.3 is 10.1 Å². The van der Waals surface area contributed by atoms with E-state index in [2.05, 4.69) is 17.2 Å². The van der Waals surface area contributed by atoms with Crippen molar-refractivity contribution < 1.29 is 4.74 Å². The molecule has 0 fully saturated rings. The summed E-state index contributed by atoms with van der Waals surface area (Å²) in [5.74, 6) is 0.729. The smallest absolute Gasteiger partial charge is 0.218 e. The molecular weight excluding hydrogens is 164 g/mol. The summed E-state index contributed by atoms with van der Waals surface area (Å²) < 4.78 is 5.41. The average Bonchev–Trinajstić information content (AvgIpc) is 2.18. The van der Waals surface area contributed by atoms with Gasteiger partial charge in [-0.3, -0.25) is 0 Å². The van der Waals surface area contributed by atoms with Gasteiger partial charge in [-0.25, -0.2) is 4.98 Å². The van der Waals surface area contributed by atoms with Crippen molar-refractivity contribution in [3.05, 3.63) is 23.9 Å². The fourth-order valence-corrected chi connectivity index (χ4v) is 1.15. The van der Waals surface area contributed by atoms with Gasteiger partial charge in [0.2, 0.25) is 5.88 Å². The normalized spacial score (nSPS) is 12.5. The van der Waals surface area contributed by atoms with Gasteiger partial charge in [0.05, 0.1) is 6.61 Å². The summed E-state index contributed by atoms with van der Waals surface area (Å²) >= 11 is 0. The lowest BCUT2D eigenvalue weighted by atomic mass is 10.1. The first-order chi connectivity index (χ1) is 6.29. The average molecular weight is 180 g/mol. The first-order valence-corrected chi connectivity index (χ1v) is 4.54. The van der Waals surface area contributed by atoms with Crippen molar-refractivity contribution in [1.29, 1.82) is 0 Å². The zero-order valence-corrected chi connectivity index (χ0v) is 8.37. The lowest BCUT2D eigenvalue weighted by Crippen LogP contribution is -2.14. The lowest BCUT2D eigenvalue weighted by molar-refractivity contribution is 0.319. The topological polar surface area (TPSA) is 34.1 Å². The fourth-order valence-electron chi connectivity index (χ4n) is 1.15. The highest BCUT2D eigenvalue weighted by Gasteiger charge is 2.09. The molecular formula is C10H16N2O. The Morgan fingerprint density at radius 1 is 1.62 bits per heavy atom. The number of pyridine rings is 1. The minimum atomic E-state index is 0.273. The van der Waals surface area contributed by atoms with Crippen LogP contribution < -0.4 is 10.1 Å². The maximum Gasteiger partial charge on any atom is 0.218 e. The fraction of sp³-hybridized carbons (Fsp3) is 0.500. The molecule has 0 saturated heterocycles. The third-order valence-electron chi connectivity index (χ3n) is 1.98. The molecule has 1 unspecified atom stereocenters. The SMILES string of the molecule is CCOc1ncccc1C(C)NC. The van der Waals surface area contributed by atoms with Gasteiger partial charge in [-0.1, -0.05) is 6.07 Å². The second-order valence-electron chi connectivity index (χ2n) is 2.84. The Kier molecular flexibility index (Phi) is 3.71. The van der Waals surface area contributed by atoms with Crippen LogP contribution in [0.5, 0.6) is 5.88 Å². The molecule has 1 N–H and O–H groups in total. The van der Waals surface area contributed by atoms with Gasteiger partial charge in [0, 0.05) is 17.8 Å².